The predicted molar refractivity (Wildman–Crippen MR) is 89.7 cm³/mol. The lowest BCUT2D eigenvalue weighted by Crippen LogP contribution is -2.33. The monoisotopic (exact) mass is 354 g/mol. The van der Waals surface area contributed by atoms with Crippen LogP contribution in [0, 0.1) is 0 Å². The molecular formula is C17H18N6O3. The molecule has 2 aromatic heterocycles. The number of fused-ring (bicyclic) bond motifs is 1. The third-order valence-electron chi connectivity index (χ3n) is 4.34. The Morgan fingerprint density at radius 2 is 2.12 bits per heavy atom. The number of benzene rings is 1. The summed E-state index contributed by atoms with van der Waals surface area (Å²) < 4.78 is 6.96. The molecule has 0 unspecified atom stereocenters. The predicted octanol–water partition coefficient (Wildman–Crippen LogP) is 0.462. The lowest BCUT2D eigenvalue weighted by atomic mass is 10.1. The van der Waals surface area contributed by atoms with Crippen molar-refractivity contribution in [1.29, 1.82) is 0 Å². The van der Waals surface area contributed by atoms with Crippen molar-refractivity contribution in [3.8, 4) is 0 Å². The van der Waals surface area contributed by atoms with E-state index in [1.807, 2.05) is 41.1 Å². The Labute approximate surface area is 149 Å². The smallest absolute Gasteiger partial charge is 0.290 e. The molecule has 9 heteroatoms. The number of hydrogen-bond acceptors (Lipinski definition) is 7. The van der Waals surface area contributed by atoms with Crippen LogP contribution in [0.4, 0.5) is 0 Å². The molecule has 1 aliphatic rings. The second-order valence-corrected chi connectivity index (χ2v) is 6.18. The van der Waals surface area contributed by atoms with E-state index in [1.54, 1.807) is 0 Å². The van der Waals surface area contributed by atoms with Crippen molar-refractivity contribution in [3.63, 3.8) is 0 Å². The van der Waals surface area contributed by atoms with Gasteiger partial charge in [0.25, 0.3) is 11.7 Å². The number of aromatic nitrogens is 4. The van der Waals surface area contributed by atoms with Crippen molar-refractivity contribution < 1.29 is 14.4 Å². The fraction of sp³-hybridized carbons (Fsp3) is 0.294. The van der Waals surface area contributed by atoms with Gasteiger partial charge in [0.15, 0.2) is 0 Å². The summed E-state index contributed by atoms with van der Waals surface area (Å²) in [6, 6.07) is 11.4. The number of amides is 1. The van der Waals surface area contributed by atoms with Crippen LogP contribution in [0.2, 0.25) is 0 Å². The molecule has 26 heavy (non-hydrogen) atoms. The first-order chi connectivity index (χ1) is 12.6. The van der Waals surface area contributed by atoms with E-state index < -0.39 is 12.0 Å². The minimum atomic E-state index is -0.753. The van der Waals surface area contributed by atoms with Gasteiger partial charge in [-0.1, -0.05) is 35.5 Å². The number of aliphatic hydroxyl groups is 1. The van der Waals surface area contributed by atoms with Gasteiger partial charge in [-0.05, 0) is 11.6 Å². The van der Waals surface area contributed by atoms with Gasteiger partial charge < -0.3 is 15.4 Å². The van der Waals surface area contributed by atoms with Crippen molar-refractivity contribution in [1.82, 2.24) is 24.8 Å². The van der Waals surface area contributed by atoms with Gasteiger partial charge in [-0.3, -0.25) is 14.4 Å². The number of nitrogens with zero attached hydrogens (tertiary/aromatic N) is 5. The standard InChI is InChI=1S/C17H18N6O3/c18-16(25)17-19-14(26-21-17)10-22-6-7-23-12(9-22)8-13(20-23)15(24)11-4-2-1-3-5-11/h1-5,8,15,24H,6-7,9-10H2,(H2,18,25)/t15-/m1/s1. The second-order valence-electron chi connectivity index (χ2n) is 6.18. The van der Waals surface area contributed by atoms with E-state index in [0.29, 0.717) is 31.2 Å². The maximum atomic E-state index is 11.0. The number of aliphatic hydroxyl groups excluding tert-OH is 1. The maximum absolute atomic E-state index is 11.0. The van der Waals surface area contributed by atoms with E-state index in [0.717, 1.165) is 17.8 Å². The van der Waals surface area contributed by atoms with E-state index >= 15 is 0 Å². The largest absolute Gasteiger partial charge is 0.382 e. The van der Waals surface area contributed by atoms with Crippen LogP contribution in [0.15, 0.2) is 40.9 Å². The van der Waals surface area contributed by atoms with E-state index in [9.17, 15) is 9.90 Å². The van der Waals surface area contributed by atoms with Crippen LogP contribution in [0.5, 0.6) is 0 Å². The Hall–Kier alpha value is -3.04. The van der Waals surface area contributed by atoms with Crippen LogP contribution in [0.1, 0.15) is 39.6 Å². The Kier molecular flexibility index (Phi) is 4.23. The van der Waals surface area contributed by atoms with E-state index in [2.05, 4.69) is 20.1 Å². The summed E-state index contributed by atoms with van der Waals surface area (Å²) >= 11 is 0. The molecule has 3 aromatic rings. The van der Waals surface area contributed by atoms with Gasteiger partial charge in [-0.2, -0.15) is 10.1 Å². The van der Waals surface area contributed by atoms with E-state index in [1.165, 1.54) is 0 Å². The molecule has 0 radical (unpaired) electrons. The number of carbonyl (C=O) groups is 1. The number of primary amides is 1. The molecular weight excluding hydrogens is 336 g/mol. The molecule has 1 amide bonds. The summed E-state index contributed by atoms with van der Waals surface area (Å²) in [5.41, 5.74) is 7.56. The average molecular weight is 354 g/mol. The van der Waals surface area contributed by atoms with Crippen LogP contribution in [-0.4, -0.2) is 42.4 Å². The molecule has 3 heterocycles. The zero-order valence-electron chi connectivity index (χ0n) is 13.9. The molecule has 4 rings (SSSR count). The first-order valence-electron chi connectivity index (χ1n) is 8.24. The Bertz CT molecular complexity index is 920. The summed E-state index contributed by atoms with van der Waals surface area (Å²) in [6.45, 7) is 2.47. The third-order valence-corrected chi connectivity index (χ3v) is 4.34. The molecule has 3 N–H and O–H groups in total. The highest BCUT2D eigenvalue weighted by atomic mass is 16.5. The highest BCUT2D eigenvalue weighted by molar-refractivity contribution is 5.88. The van der Waals surface area contributed by atoms with Crippen molar-refractivity contribution in [2.75, 3.05) is 6.54 Å². The summed E-state index contributed by atoms with van der Waals surface area (Å²) in [7, 11) is 0. The van der Waals surface area contributed by atoms with Gasteiger partial charge in [-0.25, -0.2) is 0 Å². The fourth-order valence-electron chi connectivity index (χ4n) is 3.03. The molecule has 1 aromatic carbocycles. The molecule has 0 saturated carbocycles. The summed E-state index contributed by atoms with van der Waals surface area (Å²) in [5, 5.41) is 18.6. The number of hydrogen-bond donors (Lipinski definition) is 2. The molecule has 0 saturated heterocycles. The van der Waals surface area contributed by atoms with E-state index in [4.69, 9.17) is 10.3 Å². The Morgan fingerprint density at radius 1 is 1.31 bits per heavy atom. The summed E-state index contributed by atoms with van der Waals surface area (Å²) in [6.07, 6.45) is -0.753. The molecule has 0 bridgehead atoms. The first-order valence-corrected chi connectivity index (χ1v) is 8.24. The van der Waals surface area contributed by atoms with Crippen LogP contribution >= 0.6 is 0 Å². The topological polar surface area (TPSA) is 123 Å². The van der Waals surface area contributed by atoms with Gasteiger partial charge in [0, 0.05) is 13.1 Å². The van der Waals surface area contributed by atoms with Crippen molar-refractivity contribution in [2.24, 2.45) is 5.73 Å². The average Bonchev–Trinajstić information content (AvgIpc) is 3.28. The first kappa shape index (κ1) is 16.4. The third kappa shape index (κ3) is 3.22. The normalized spacial score (nSPS) is 15.6. The van der Waals surface area contributed by atoms with Crippen LogP contribution in [0.3, 0.4) is 0 Å². The SMILES string of the molecule is NC(=O)c1noc(CN2CCn3nc([C@H](O)c4ccccc4)cc3C2)n1. The van der Waals surface area contributed by atoms with Crippen LogP contribution in [0.25, 0.3) is 0 Å². The summed E-state index contributed by atoms with van der Waals surface area (Å²) in [5.74, 6) is -0.483. The maximum Gasteiger partial charge on any atom is 0.290 e. The lowest BCUT2D eigenvalue weighted by Gasteiger charge is -2.25. The number of nitrogens with two attached hydrogens (primary N) is 1. The zero-order valence-corrected chi connectivity index (χ0v) is 13.9. The van der Waals surface area contributed by atoms with Gasteiger partial charge in [0.05, 0.1) is 24.5 Å². The van der Waals surface area contributed by atoms with Crippen LogP contribution < -0.4 is 5.73 Å². The Balaban J connectivity index is 1.47. The quantitative estimate of drug-likeness (QED) is 0.682. The van der Waals surface area contributed by atoms with Crippen molar-refractivity contribution in [2.45, 2.75) is 25.7 Å². The Morgan fingerprint density at radius 3 is 2.85 bits per heavy atom. The highest BCUT2D eigenvalue weighted by Gasteiger charge is 2.23. The number of rotatable bonds is 5. The minimum Gasteiger partial charge on any atom is -0.382 e. The molecule has 0 aliphatic carbocycles. The van der Waals surface area contributed by atoms with Crippen LogP contribution in [-0.2, 0) is 19.6 Å². The van der Waals surface area contributed by atoms with E-state index in [-0.39, 0.29) is 5.82 Å². The molecule has 1 aliphatic heterocycles. The molecule has 134 valence electrons. The van der Waals surface area contributed by atoms with Crippen molar-refractivity contribution in [3.05, 3.63) is 65.1 Å². The van der Waals surface area contributed by atoms with Gasteiger partial charge >= 0.3 is 0 Å². The van der Waals surface area contributed by atoms with Crippen molar-refractivity contribution >= 4 is 5.91 Å². The molecule has 0 fully saturated rings. The molecule has 9 nitrogen and oxygen atoms in total. The minimum absolute atomic E-state index is 0.115. The zero-order chi connectivity index (χ0) is 18.1. The number of carbonyl (C=O) groups excluding carboxylic acids is 1. The molecule has 1 atom stereocenters. The van der Waals surface area contributed by atoms with Gasteiger partial charge in [0.1, 0.15) is 6.10 Å². The lowest BCUT2D eigenvalue weighted by molar-refractivity contribution is 0.0987. The summed E-state index contributed by atoms with van der Waals surface area (Å²) in [4.78, 5) is 17.1. The molecule has 0 spiro atoms. The van der Waals surface area contributed by atoms with Gasteiger partial charge in [0.2, 0.25) is 5.89 Å². The second kappa shape index (κ2) is 6.70. The highest BCUT2D eigenvalue weighted by Crippen LogP contribution is 2.24. The van der Waals surface area contributed by atoms with Gasteiger partial charge in [-0.15, -0.1) is 0 Å². The fourth-order valence-corrected chi connectivity index (χ4v) is 3.03.